The van der Waals surface area contributed by atoms with E-state index < -0.39 is 0 Å². The first-order chi connectivity index (χ1) is 9.08. The Morgan fingerprint density at radius 1 is 1.32 bits per heavy atom. The van der Waals surface area contributed by atoms with Crippen LogP contribution in [0.2, 0.25) is 0 Å². The van der Waals surface area contributed by atoms with Crippen molar-refractivity contribution in [2.24, 2.45) is 0 Å². The highest BCUT2D eigenvalue weighted by Crippen LogP contribution is 2.26. The second-order valence-corrected chi connectivity index (χ2v) is 5.33. The Bertz CT molecular complexity index is 572. The van der Waals surface area contributed by atoms with E-state index in [0.717, 1.165) is 21.4 Å². The SMILES string of the molecule is CN(C)c1ccncc1NCc1cc(Br)ccc1O. The van der Waals surface area contributed by atoms with Gasteiger partial charge in [0.1, 0.15) is 5.75 Å². The molecule has 0 aliphatic heterocycles. The molecule has 1 aromatic carbocycles. The molecule has 0 saturated heterocycles. The van der Waals surface area contributed by atoms with Gasteiger partial charge in [-0.1, -0.05) is 15.9 Å². The number of pyridine rings is 1. The maximum Gasteiger partial charge on any atom is 0.120 e. The summed E-state index contributed by atoms with van der Waals surface area (Å²) in [6.45, 7) is 0.539. The normalized spacial score (nSPS) is 10.3. The van der Waals surface area contributed by atoms with Crippen LogP contribution in [0.4, 0.5) is 11.4 Å². The first-order valence-electron chi connectivity index (χ1n) is 5.90. The molecule has 0 atom stereocenters. The van der Waals surface area contributed by atoms with Gasteiger partial charge >= 0.3 is 0 Å². The molecule has 1 heterocycles. The van der Waals surface area contributed by atoms with Gasteiger partial charge in [-0.05, 0) is 24.3 Å². The molecule has 0 saturated carbocycles. The molecule has 0 unspecified atom stereocenters. The number of nitrogens with one attached hydrogen (secondary N) is 1. The number of aromatic nitrogens is 1. The van der Waals surface area contributed by atoms with Crippen LogP contribution < -0.4 is 10.2 Å². The van der Waals surface area contributed by atoms with Crippen molar-refractivity contribution in [2.75, 3.05) is 24.3 Å². The van der Waals surface area contributed by atoms with E-state index in [0.29, 0.717) is 6.54 Å². The largest absolute Gasteiger partial charge is 0.508 e. The molecule has 2 N–H and O–H groups in total. The molecule has 0 spiro atoms. The summed E-state index contributed by atoms with van der Waals surface area (Å²) in [6, 6.07) is 7.34. The van der Waals surface area contributed by atoms with Gasteiger partial charge in [-0.25, -0.2) is 0 Å². The molecule has 0 amide bonds. The van der Waals surface area contributed by atoms with Crippen molar-refractivity contribution in [1.82, 2.24) is 4.98 Å². The van der Waals surface area contributed by atoms with E-state index >= 15 is 0 Å². The van der Waals surface area contributed by atoms with Crippen molar-refractivity contribution in [3.63, 3.8) is 0 Å². The third-order valence-electron chi connectivity index (χ3n) is 2.79. The predicted octanol–water partition coefficient (Wildman–Crippen LogP) is 3.23. The summed E-state index contributed by atoms with van der Waals surface area (Å²) >= 11 is 3.40. The van der Waals surface area contributed by atoms with E-state index in [1.807, 2.05) is 37.2 Å². The van der Waals surface area contributed by atoms with E-state index in [4.69, 9.17) is 0 Å². The number of phenolic OH excluding ortho intramolecular Hbond substituents is 1. The Kier molecular flexibility index (Phi) is 4.27. The second kappa shape index (κ2) is 5.93. The molecule has 2 aromatic rings. The van der Waals surface area contributed by atoms with Crippen LogP contribution in [-0.2, 0) is 6.54 Å². The average molecular weight is 322 g/mol. The number of rotatable bonds is 4. The van der Waals surface area contributed by atoms with Crippen LogP contribution in [0, 0.1) is 0 Å². The Hall–Kier alpha value is -1.75. The second-order valence-electron chi connectivity index (χ2n) is 4.41. The molecule has 19 heavy (non-hydrogen) atoms. The molecule has 0 bridgehead atoms. The molecule has 0 aliphatic carbocycles. The predicted molar refractivity (Wildman–Crippen MR) is 81.7 cm³/mol. The van der Waals surface area contributed by atoms with Crippen molar-refractivity contribution in [3.8, 4) is 5.75 Å². The summed E-state index contributed by atoms with van der Waals surface area (Å²) in [5, 5.41) is 13.1. The molecule has 1 aromatic heterocycles. The third kappa shape index (κ3) is 3.38. The monoisotopic (exact) mass is 321 g/mol. The summed E-state index contributed by atoms with van der Waals surface area (Å²) in [5.41, 5.74) is 2.83. The van der Waals surface area contributed by atoms with Crippen LogP contribution in [0.1, 0.15) is 5.56 Å². The van der Waals surface area contributed by atoms with Crippen molar-refractivity contribution in [3.05, 3.63) is 46.7 Å². The van der Waals surface area contributed by atoms with Gasteiger partial charge in [0, 0.05) is 36.9 Å². The fourth-order valence-corrected chi connectivity index (χ4v) is 2.21. The third-order valence-corrected chi connectivity index (χ3v) is 3.28. The zero-order valence-electron chi connectivity index (χ0n) is 10.9. The zero-order chi connectivity index (χ0) is 13.8. The molecule has 5 heteroatoms. The van der Waals surface area contributed by atoms with Gasteiger partial charge in [0.25, 0.3) is 0 Å². The first kappa shape index (κ1) is 13.7. The molecule has 0 fully saturated rings. The highest BCUT2D eigenvalue weighted by atomic mass is 79.9. The highest BCUT2D eigenvalue weighted by Gasteiger charge is 2.06. The lowest BCUT2D eigenvalue weighted by molar-refractivity contribution is 0.469. The van der Waals surface area contributed by atoms with E-state index in [1.54, 1.807) is 18.5 Å². The summed E-state index contributed by atoms with van der Waals surface area (Å²) in [5.74, 6) is 0.283. The number of phenols is 1. The minimum absolute atomic E-state index is 0.283. The molecular weight excluding hydrogens is 306 g/mol. The summed E-state index contributed by atoms with van der Waals surface area (Å²) in [7, 11) is 3.97. The fraction of sp³-hybridized carbons (Fsp3) is 0.214. The number of halogens is 1. The minimum atomic E-state index is 0.283. The van der Waals surface area contributed by atoms with E-state index in [1.165, 1.54) is 0 Å². The molecule has 0 aliphatic rings. The average Bonchev–Trinajstić information content (AvgIpc) is 2.40. The van der Waals surface area contributed by atoms with Crippen LogP contribution in [-0.4, -0.2) is 24.2 Å². The van der Waals surface area contributed by atoms with Gasteiger partial charge in [-0.2, -0.15) is 0 Å². The highest BCUT2D eigenvalue weighted by molar-refractivity contribution is 9.10. The van der Waals surface area contributed by atoms with Gasteiger partial charge in [0.2, 0.25) is 0 Å². The molecule has 0 radical (unpaired) electrons. The lowest BCUT2D eigenvalue weighted by Gasteiger charge is -2.18. The fourth-order valence-electron chi connectivity index (χ4n) is 1.80. The molecule has 4 nitrogen and oxygen atoms in total. The standard InChI is InChI=1S/C14H16BrN3O/c1-18(2)13-5-6-16-9-12(13)17-8-10-7-11(15)3-4-14(10)19/h3-7,9,17,19H,8H2,1-2H3. The van der Waals surface area contributed by atoms with Gasteiger partial charge < -0.3 is 15.3 Å². The Morgan fingerprint density at radius 2 is 2.11 bits per heavy atom. The Labute approximate surface area is 121 Å². The molecule has 100 valence electrons. The van der Waals surface area contributed by atoms with Crippen LogP contribution >= 0.6 is 15.9 Å². The summed E-state index contributed by atoms with van der Waals surface area (Å²) in [4.78, 5) is 6.14. The van der Waals surface area contributed by atoms with Crippen molar-refractivity contribution < 1.29 is 5.11 Å². The van der Waals surface area contributed by atoms with Crippen molar-refractivity contribution in [1.29, 1.82) is 0 Å². The van der Waals surface area contributed by atoms with Crippen molar-refractivity contribution >= 4 is 27.3 Å². The van der Waals surface area contributed by atoms with E-state index in [-0.39, 0.29) is 5.75 Å². The number of nitrogens with zero attached hydrogens (tertiary/aromatic N) is 2. The maximum atomic E-state index is 9.80. The topological polar surface area (TPSA) is 48.4 Å². The van der Waals surface area contributed by atoms with Crippen LogP contribution in [0.15, 0.2) is 41.1 Å². The van der Waals surface area contributed by atoms with Gasteiger partial charge in [-0.3, -0.25) is 4.98 Å². The summed E-state index contributed by atoms with van der Waals surface area (Å²) in [6.07, 6.45) is 3.54. The number of benzene rings is 1. The Morgan fingerprint density at radius 3 is 2.84 bits per heavy atom. The van der Waals surface area contributed by atoms with Gasteiger partial charge in [0.05, 0.1) is 17.6 Å². The molecule has 2 rings (SSSR count). The van der Waals surface area contributed by atoms with E-state index in [2.05, 4.69) is 26.2 Å². The number of anilines is 2. The maximum absolute atomic E-state index is 9.80. The summed E-state index contributed by atoms with van der Waals surface area (Å²) < 4.78 is 0.945. The Balaban J connectivity index is 2.17. The van der Waals surface area contributed by atoms with E-state index in [9.17, 15) is 5.11 Å². The number of hydrogen-bond acceptors (Lipinski definition) is 4. The van der Waals surface area contributed by atoms with Gasteiger partial charge in [0.15, 0.2) is 0 Å². The number of hydrogen-bond donors (Lipinski definition) is 2. The zero-order valence-corrected chi connectivity index (χ0v) is 12.5. The van der Waals surface area contributed by atoms with Crippen LogP contribution in [0.25, 0.3) is 0 Å². The number of aromatic hydroxyl groups is 1. The van der Waals surface area contributed by atoms with Crippen LogP contribution in [0.3, 0.4) is 0 Å². The smallest absolute Gasteiger partial charge is 0.120 e. The lowest BCUT2D eigenvalue weighted by Crippen LogP contribution is -2.12. The molecular formula is C14H16BrN3O. The quantitative estimate of drug-likeness (QED) is 0.907. The van der Waals surface area contributed by atoms with Crippen molar-refractivity contribution in [2.45, 2.75) is 6.54 Å². The first-order valence-corrected chi connectivity index (χ1v) is 6.70. The van der Waals surface area contributed by atoms with Gasteiger partial charge in [-0.15, -0.1) is 0 Å². The minimum Gasteiger partial charge on any atom is -0.508 e. The lowest BCUT2D eigenvalue weighted by atomic mass is 10.2. The van der Waals surface area contributed by atoms with Crippen LogP contribution in [0.5, 0.6) is 5.75 Å².